The molecule has 0 bridgehead atoms. The van der Waals surface area contributed by atoms with Crippen molar-refractivity contribution in [3.8, 4) is 0 Å². The van der Waals surface area contributed by atoms with Crippen molar-refractivity contribution in [1.29, 1.82) is 0 Å². The standard InChI is InChI=1S/C13H18N2O4S2/c1-2-19-13(16)7-8-21(17,18)15-11-5-3-10(4-6-11)9-12(14)20/h3-6,15H,2,7-9H2,1H3,(H2,14,20). The number of benzene rings is 1. The second kappa shape index (κ2) is 7.94. The first kappa shape index (κ1) is 17.4. The normalized spacial score (nSPS) is 10.9. The average molecular weight is 330 g/mol. The minimum absolute atomic E-state index is 0.178. The van der Waals surface area contributed by atoms with Gasteiger partial charge in [0.05, 0.1) is 23.8 Å². The summed E-state index contributed by atoms with van der Waals surface area (Å²) in [6.45, 7) is 1.90. The number of anilines is 1. The van der Waals surface area contributed by atoms with Crippen LogP contribution in [0.15, 0.2) is 24.3 Å². The second-order valence-corrected chi connectivity index (χ2v) is 6.68. The van der Waals surface area contributed by atoms with Crippen molar-refractivity contribution < 1.29 is 17.9 Å². The molecule has 0 aliphatic carbocycles. The van der Waals surface area contributed by atoms with Crippen molar-refractivity contribution in [2.45, 2.75) is 19.8 Å². The minimum Gasteiger partial charge on any atom is -0.466 e. The first-order chi connectivity index (χ1) is 9.82. The fourth-order valence-corrected chi connectivity index (χ4v) is 2.77. The maximum absolute atomic E-state index is 11.8. The predicted molar refractivity (Wildman–Crippen MR) is 85.6 cm³/mol. The van der Waals surface area contributed by atoms with E-state index in [2.05, 4.69) is 9.46 Å². The van der Waals surface area contributed by atoms with Crippen LogP contribution >= 0.6 is 12.2 Å². The maximum Gasteiger partial charge on any atom is 0.306 e. The van der Waals surface area contributed by atoms with Gasteiger partial charge in [-0.3, -0.25) is 9.52 Å². The van der Waals surface area contributed by atoms with E-state index in [0.29, 0.717) is 17.1 Å². The lowest BCUT2D eigenvalue weighted by Gasteiger charge is -2.08. The van der Waals surface area contributed by atoms with Crippen molar-refractivity contribution >= 4 is 38.9 Å². The molecule has 1 aromatic rings. The topological polar surface area (TPSA) is 98.5 Å². The van der Waals surface area contributed by atoms with E-state index in [9.17, 15) is 13.2 Å². The Hall–Kier alpha value is -1.67. The number of sulfonamides is 1. The Labute approximate surface area is 129 Å². The summed E-state index contributed by atoms with van der Waals surface area (Å²) < 4.78 is 30.7. The van der Waals surface area contributed by atoms with Gasteiger partial charge >= 0.3 is 5.97 Å². The molecule has 8 heteroatoms. The smallest absolute Gasteiger partial charge is 0.306 e. The fourth-order valence-electron chi connectivity index (χ4n) is 1.57. The van der Waals surface area contributed by atoms with E-state index in [-0.39, 0.29) is 18.8 Å². The van der Waals surface area contributed by atoms with Crippen LogP contribution < -0.4 is 10.5 Å². The van der Waals surface area contributed by atoms with Gasteiger partial charge in [0.25, 0.3) is 0 Å². The molecule has 1 rings (SSSR count). The van der Waals surface area contributed by atoms with E-state index < -0.39 is 16.0 Å². The molecule has 0 aromatic heterocycles. The van der Waals surface area contributed by atoms with E-state index in [0.717, 1.165) is 5.56 Å². The summed E-state index contributed by atoms with van der Waals surface area (Å²) in [6.07, 6.45) is 0.286. The highest BCUT2D eigenvalue weighted by Crippen LogP contribution is 2.12. The molecule has 0 aliphatic heterocycles. The lowest BCUT2D eigenvalue weighted by molar-refractivity contribution is -0.142. The Morgan fingerprint density at radius 3 is 2.48 bits per heavy atom. The SMILES string of the molecule is CCOC(=O)CCS(=O)(=O)Nc1ccc(CC(N)=S)cc1. The monoisotopic (exact) mass is 330 g/mol. The Kier molecular flexibility index (Phi) is 6.57. The highest BCUT2D eigenvalue weighted by Gasteiger charge is 2.14. The summed E-state index contributed by atoms with van der Waals surface area (Å²) in [5, 5.41) is 0. The minimum atomic E-state index is -3.59. The summed E-state index contributed by atoms with van der Waals surface area (Å²) in [7, 11) is -3.59. The molecule has 0 spiro atoms. The largest absolute Gasteiger partial charge is 0.466 e. The number of esters is 1. The van der Waals surface area contributed by atoms with Crippen molar-refractivity contribution in [3.63, 3.8) is 0 Å². The van der Waals surface area contributed by atoms with Crippen LogP contribution in [0, 0.1) is 0 Å². The number of carbonyl (C=O) groups is 1. The highest BCUT2D eigenvalue weighted by atomic mass is 32.2. The van der Waals surface area contributed by atoms with Gasteiger partial charge in [-0.25, -0.2) is 8.42 Å². The molecule has 21 heavy (non-hydrogen) atoms. The van der Waals surface area contributed by atoms with Gasteiger partial charge in [0.15, 0.2) is 0 Å². The third-order valence-electron chi connectivity index (χ3n) is 2.49. The molecular formula is C13H18N2O4S2. The van der Waals surface area contributed by atoms with Crippen LogP contribution in [-0.4, -0.2) is 31.7 Å². The van der Waals surface area contributed by atoms with Crippen LogP contribution in [0.2, 0.25) is 0 Å². The molecule has 0 aliphatic rings. The molecule has 0 saturated heterocycles. The summed E-state index contributed by atoms with van der Waals surface area (Å²) in [5.74, 6) is -0.852. The molecule has 0 heterocycles. The van der Waals surface area contributed by atoms with E-state index >= 15 is 0 Å². The molecule has 0 unspecified atom stereocenters. The van der Waals surface area contributed by atoms with Gasteiger partial charge in [0, 0.05) is 12.1 Å². The van der Waals surface area contributed by atoms with Crippen LogP contribution in [0.3, 0.4) is 0 Å². The van der Waals surface area contributed by atoms with Crippen LogP contribution in [0.25, 0.3) is 0 Å². The van der Waals surface area contributed by atoms with Crippen molar-refractivity contribution in [1.82, 2.24) is 0 Å². The number of carbonyl (C=O) groups excluding carboxylic acids is 1. The molecule has 6 nitrogen and oxygen atoms in total. The third-order valence-corrected chi connectivity index (χ3v) is 3.92. The zero-order valence-corrected chi connectivity index (χ0v) is 13.3. The van der Waals surface area contributed by atoms with Crippen LogP contribution in [0.1, 0.15) is 18.9 Å². The predicted octanol–water partition coefficient (Wildman–Crippen LogP) is 1.21. The van der Waals surface area contributed by atoms with Gasteiger partial charge in [-0.05, 0) is 24.6 Å². The lowest BCUT2D eigenvalue weighted by atomic mass is 10.1. The number of rotatable bonds is 8. The Bertz CT molecular complexity index is 597. The van der Waals surface area contributed by atoms with Gasteiger partial charge in [-0.1, -0.05) is 24.4 Å². The summed E-state index contributed by atoms with van der Waals surface area (Å²) in [5.41, 5.74) is 6.75. The van der Waals surface area contributed by atoms with E-state index in [1.165, 1.54) is 0 Å². The molecule has 1 aromatic carbocycles. The van der Waals surface area contributed by atoms with Gasteiger partial charge in [-0.2, -0.15) is 0 Å². The quantitative estimate of drug-likeness (QED) is 0.549. The van der Waals surface area contributed by atoms with Crippen LogP contribution in [0.4, 0.5) is 5.69 Å². The van der Waals surface area contributed by atoms with Crippen molar-refractivity contribution in [2.75, 3.05) is 17.1 Å². The fraction of sp³-hybridized carbons (Fsp3) is 0.385. The molecule has 0 amide bonds. The van der Waals surface area contributed by atoms with E-state index in [1.807, 2.05) is 0 Å². The molecule has 0 atom stereocenters. The lowest BCUT2D eigenvalue weighted by Crippen LogP contribution is -2.20. The summed E-state index contributed by atoms with van der Waals surface area (Å²) >= 11 is 4.80. The van der Waals surface area contributed by atoms with E-state index in [1.54, 1.807) is 31.2 Å². The zero-order chi connectivity index (χ0) is 15.9. The summed E-state index contributed by atoms with van der Waals surface area (Å²) in [6, 6.07) is 6.72. The van der Waals surface area contributed by atoms with Gasteiger partial charge in [0.1, 0.15) is 0 Å². The zero-order valence-electron chi connectivity index (χ0n) is 11.7. The van der Waals surface area contributed by atoms with Crippen molar-refractivity contribution in [3.05, 3.63) is 29.8 Å². The third kappa shape index (κ3) is 7.05. The maximum atomic E-state index is 11.8. The number of nitrogens with one attached hydrogen (secondary N) is 1. The molecular weight excluding hydrogens is 312 g/mol. The van der Waals surface area contributed by atoms with Crippen molar-refractivity contribution in [2.24, 2.45) is 5.73 Å². The van der Waals surface area contributed by atoms with Gasteiger partial charge in [-0.15, -0.1) is 0 Å². The molecule has 3 N–H and O–H groups in total. The highest BCUT2D eigenvalue weighted by molar-refractivity contribution is 7.92. The Morgan fingerprint density at radius 1 is 1.33 bits per heavy atom. The number of nitrogens with two attached hydrogens (primary N) is 1. The number of thiocarbonyl (C=S) groups is 1. The molecule has 0 radical (unpaired) electrons. The number of hydrogen-bond donors (Lipinski definition) is 2. The molecule has 116 valence electrons. The van der Waals surface area contributed by atoms with Gasteiger partial charge < -0.3 is 10.5 Å². The van der Waals surface area contributed by atoms with E-state index in [4.69, 9.17) is 18.0 Å². The summed E-state index contributed by atoms with van der Waals surface area (Å²) in [4.78, 5) is 11.5. The molecule has 0 saturated carbocycles. The second-order valence-electron chi connectivity index (χ2n) is 4.32. The number of ether oxygens (including phenoxy) is 1. The van der Waals surface area contributed by atoms with Crippen LogP contribution in [-0.2, 0) is 26.0 Å². The Morgan fingerprint density at radius 2 is 1.95 bits per heavy atom. The Balaban J connectivity index is 2.58. The van der Waals surface area contributed by atoms with Gasteiger partial charge in [0.2, 0.25) is 10.0 Å². The van der Waals surface area contributed by atoms with Crippen LogP contribution in [0.5, 0.6) is 0 Å². The first-order valence-corrected chi connectivity index (χ1v) is 8.42. The molecule has 0 fully saturated rings. The first-order valence-electron chi connectivity index (χ1n) is 6.35. The number of hydrogen-bond acceptors (Lipinski definition) is 5. The average Bonchev–Trinajstić information content (AvgIpc) is 2.38.